The zero-order chi connectivity index (χ0) is 14.0. The van der Waals surface area contributed by atoms with E-state index in [4.69, 9.17) is 22.3 Å². The van der Waals surface area contributed by atoms with Gasteiger partial charge in [-0.2, -0.15) is 0 Å². The molecule has 0 aromatic heterocycles. The Morgan fingerprint density at radius 3 is 1.84 bits per heavy atom. The van der Waals surface area contributed by atoms with Gasteiger partial charge in [0.1, 0.15) is 0 Å². The summed E-state index contributed by atoms with van der Waals surface area (Å²) in [7, 11) is 1.41. The summed E-state index contributed by atoms with van der Waals surface area (Å²) in [5, 5.41) is 0.353. The maximum atomic E-state index is 10.8. The van der Waals surface area contributed by atoms with E-state index in [1.54, 1.807) is 6.07 Å². The van der Waals surface area contributed by atoms with Crippen molar-refractivity contribution in [3.8, 4) is 0 Å². The molecule has 2 aliphatic rings. The average Bonchev–Trinajstić information content (AvgIpc) is 2.87. The van der Waals surface area contributed by atoms with Gasteiger partial charge < -0.3 is 0 Å². The van der Waals surface area contributed by atoms with E-state index >= 15 is 0 Å². The summed E-state index contributed by atoms with van der Waals surface area (Å²) in [6.07, 6.45) is 7.38. The van der Waals surface area contributed by atoms with Crippen LogP contribution in [0, 0.1) is 0 Å². The van der Waals surface area contributed by atoms with Crippen LogP contribution in [0.3, 0.4) is 0 Å². The first-order valence-corrected chi connectivity index (χ1v) is 7.91. The quantitative estimate of drug-likeness (QED) is 0.748. The monoisotopic (exact) mass is 314 g/mol. The van der Waals surface area contributed by atoms with Gasteiger partial charge in [-0.15, -0.1) is 0 Å². The molecular formula is C13H8Cl2O3S. The molecule has 0 fully saturated rings. The summed E-state index contributed by atoms with van der Waals surface area (Å²) in [5.41, 5.74) is 1.67. The molecule has 0 N–H and O–H groups in total. The Bertz CT molecular complexity index is 704. The summed E-state index contributed by atoms with van der Waals surface area (Å²) in [5.74, 6) is 0.185. The van der Waals surface area contributed by atoms with Gasteiger partial charge in [0.2, 0.25) is 0 Å². The SMILES string of the molecule is O=C1C2=CC=C1C=C2.O=S(=O)(Cl)c1cccc(Cl)c1. The van der Waals surface area contributed by atoms with Crippen LogP contribution in [0.15, 0.2) is 64.6 Å². The fourth-order valence-corrected chi connectivity index (χ4v) is 2.61. The first kappa shape index (κ1) is 14.1. The minimum absolute atomic E-state index is 0.0201. The van der Waals surface area contributed by atoms with Crippen LogP contribution in [0.1, 0.15) is 0 Å². The number of hydrogen-bond acceptors (Lipinski definition) is 3. The largest absolute Gasteiger partial charge is 0.289 e. The van der Waals surface area contributed by atoms with Crippen molar-refractivity contribution in [2.24, 2.45) is 0 Å². The normalized spacial score (nSPS) is 15.8. The van der Waals surface area contributed by atoms with Gasteiger partial charge in [-0.05, 0) is 18.2 Å². The van der Waals surface area contributed by atoms with E-state index in [9.17, 15) is 13.2 Å². The third kappa shape index (κ3) is 3.35. The minimum Gasteiger partial charge on any atom is -0.289 e. The molecule has 3 rings (SSSR count). The topological polar surface area (TPSA) is 51.2 Å². The van der Waals surface area contributed by atoms with E-state index in [1.807, 2.05) is 24.3 Å². The van der Waals surface area contributed by atoms with E-state index in [0.29, 0.717) is 5.02 Å². The average molecular weight is 315 g/mol. The van der Waals surface area contributed by atoms with Gasteiger partial charge in [0.05, 0.1) is 4.90 Å². The highest BCUT2D eigenvalue weighted by Gasteiger charge is 2.19. The number of fused-ring (bicyclic) bond motifs is 2. The number of benzene rings is 1. The number of Topliss-reactive ketones (excluding diaryl/α,β-unsaturated/α-hetero) is 1. The zero-order valence-corrected chi connectivity index (χ0v) is 11.8. The Hall–Kier alpha value is -1.36. The van der Waals surface area contributed by atoms with Crippen molar-refractivity contribution in [2.75, 3.05) is 0 Å². The second-order valence-corrected chi connectivity index (χ2v) is 6.80. The van der Waals surface area contributed by atoms with Gasteiger partial charge in [0.15, 0.2) is 5.78 Å². The molecule has 2 bridgehead atoms. The number of carbonyl (C=O) groups is 1. The van der Waals surface area contributed by atoms with Gasteiger partial charge >= 0.3 is 0 Å². The van der Waals surface area contributed by atoms with Crippen LogP contribution in [0.25, 0.3) is 0 Å². The summed E-state index contributed by atoms with van der Waals surface area (Å²) in [6, 6.07) is 5.78. The molecule has 6 heteroatoms. The van der Waals surface area contributed by atoms with Crippen LogP contribution in [0.4, 0.5) is 0 Å². The van der Waals surface area contributed by atoms with Crippen molar-refractivity contribution in [2.45, 2.75) is 4.90 Å². The van der Waals surface area contributed by atoms with Crippen LogP contribution < -0.4 is 0 Å². The lowest BCUT2D eigenvalue weighted by Crippen LogP contribution is -1.89. The van der Waals surface area contributed by atoms with Crippen LogP contribution in [0.5, 0.6) is 0 Å². The third-order valence-electron chi connectivity index (χ3n) is 2.49. The minimum atomic E-state index is -3.64. The fraction of sp³-hybridized carbons (Fsp3) is 0. The number of carbonyl (C=O) groups excluding carboxylic acids is 1. The highest BCUT2D eigenvalue weighted by Crippen LogP contribution is 2.23. The van der Waals surface area contributed by atoms with Gasteiger partial charge in [-0.1, -0.05) is 42.0 Å². The molecule has 0 saturated heterocycles. The lowest BCUT2D eigenvalue weighted by Gasteiger charge is -1.94. The molecule has 98 valence electrons. The Balaban J connectivity index is 0.000000146. The summed E-state index contributed by atoms with van der Waals surface area (Å²) in [6.45, 7) is 0. The van der Waals surface area contributed by atoms with Crippen molar-refractivity contribution >= 4 is 37.1 Å². The molecule has 0 spiro atoms. The lowest BCUT2D eigenvalue weighted by atomic mass is 10.2. The van der Waals surface area contributed by atoms with E-state index < -0.39 is 9.05 Å². The van der Waals surface area contributed by atoms with Gasteiger partial charge in [-0.25, -0.2) is 8.42 Å². The molecule has 0 atom stereocenters. The molecule has 1 aromatic rings. The van der Waals surface area contributed by atoms with Crippen molar-refractivity contribution in [3.05, 3.63) is 64.7 Å². The molecule has 0 heterocycles. The molecular weight excluding hydrogens is 307 g/mol. The number of rotatable bonds is 1. The third-order valence-corrected chi connectivity index (χ3v) is 4.07. The summed E-state index contributed by atoms with van der Waals surface area (Å²) >= 11 is 5.53. The van der Waals surface area contributed by atoms with Crippen molar-refractivity contribution in [1.29, 1.82) is 0 Å². The summed E-state index contributed by atoms with van der Waals surface area (Å²) < 4.78 is 21.4. The van der Waals surface area contributed by atoms with Crippen LogP contribution in [0.2, 0.25) is 5.02 Å². The van der Waals surface area contributed by atoms with Crippen LogP contribution in [-0.4, -0.2) is 14.2 Å². The molecule has 1 aromatic carbocycles. The molecule has 19 heavy (non-hydrogen) atoms. The standard InChI is InChI=1S/C7H4O.C6H4Cl2O2S/c8-7-5-1-2-6(7)4-3-5;7-5-2-1-3-6(4-5)11(8,9)10/h1-4H;1-4H. The number of hydrogen-bond donors (Lipinski definition) is 0. The number of allylic oxidation sites excluding steroid dienone is 6. The number of halogens is 2. The molecule has 0 aliphatic heterocycles. The maximum Gasteiger partial charge on any atom is 0.261 e. The van der Waals surface area contributed by atoms with Crippen molar-refractivity contribution < 1.29 is 13.2 Å². The highest BCUT2D eigenvalue weighted by atomic mass is 35.7. The van der Waals surface area contributed by atoms with E-state index in [0.717, 1.165) is 11.1 Å². The maximum absolute atomic E-state index is 10.8. The molecule has 0 unspecified atom stereocenters. The Morgan fingerprint density at radius 2 is 1.58 bits per heavy atom. The predicted molar refractivity (Wildman–Crippen MR) is 74.8 cm³/mol. The second kappa shape index (κ2) is 5.33. The predicted octanol–water partition coefficient (Wildman–Crippen LogP) is 3.26. The van der Waals surface area contributed by atoms with Crippen LogP contribution in [-0.2, 0) is 13.8 Å². The van der Waals surface area contributed by atoms with Gasteiger partial charge in [-0.3, -0.25) is 4.79 Å². The van der Waals surface area contributed by atoms with Crippen molar-refractivity contribution in [3.63, 3.8) is 0 Å². The smallest absolute Gasteiger partial charge is 0.261 e. The van der Waals surface area contributed by atoms with E-state index in [1.165, 1.54) is 18.2 Å². The lowest BCUT2D eigenvalue weighted by molar-refractivity contribution is -0.111. The van der Waals surface area contributed by atoms with E-state index in [-0.39, 0.29) is 10.7 Å². The first-order chi connectivity index (χ1) is 8.88. The molecule has 0 radical (unpaired) electrons. The fourth-order valence-electron chi connectivity index (χ4n) is 1.56. The second-order valence-electron chi connectivity index (χ2n) is 3.80. The van der Waals surface area contributed by atoms with Crippen LogP contribution >= 0.6 is 22.3 Å². The van der Waals surface area contributed by atoms with Gasteiger partial charge in [0, 0.05) is 26.9 Å². The van der Waals surface area contributed by atoms with E-state index in [2.05, 4.69) is 0 Å². The Labute approximate surface area is 120 Å². The Kier molecular flexibility index (Phi) is 3.94. The molecule has 0 saturated carbocycles. The first-order valence-electron chi connectivity index (χ1n) is 5.23. The Morgan fingerprint density at radius 1 is 1.00 bits per heavy atom. The van der Waals surface area contributed by atoms with Crippen molar-refractivity contribution in [1.82, 2.24) is 0 Å². The zero-order valence-electron chi connectivity index (χ0n) is 9.51. The van der Waals surface area contributed by atoms with Gasteiger partial charge in [0.25, 0.3) is 9.05 Å². The number of ketones is 1. The highest BCUT2D eigenvalue weighted by molar-refractivity contribution is 8.13. The molecule has 2 aliphatic carbocycles. The molecule has 3 nitrogen and oxygen atoms in total. The summed E-state index contributed by atoms with van der Waals surface area (Å²) in [4.78, 5) is 10.8. The molecule has 0 amide bonds.